The molecule has 0 fully saturated rings. The Morgan fingerprint density at radius 3 is 2.27 bits per heavy atom. The summed E-state index contributed by atoms with van der Waals surface area (Å²) in [4.78, 5) is 33.8. The summed E-state index contributed by atoms with van der Waals surface area (Å²) < 4.78 is 5.90. The fourth-order valence-electron chi connectivity index (χ4n) is 4.62. The molecule has 9 nitrogen and oxygen atoms in total. The molecule has 0 saturated heterocycles. The third-order valence-corrected chi connectivity index (χ3v) is 6.56. The standard InChI is InChI=1S/C27H37N5O4.ClH/c1-7-27(8-2)23(24(33)34)31-26(36-27)32-25(35)30-22-17(6)29-20(13-15(3)4)19(14-28)21(22)18-11-9-16(5)10-12-18;/h9-12,15,26H,7-8,13-14,28H2,1-6H3,(H,33,34)(H2,30,32,35);1H. The number of ether oxygens (including phenoxy) is 1. The van der Waals surface area contributed by atoms with Gasteiger partial charge in [0.15, 0.2) is 5.71 Å². The molecule has 3 rings (SSSR count). The zero-order valence-electron chi connectivity index (χ0n) is 22.3. The molecule has 0 spiro atoms. The number of nitrogens with two attached hydrogens (primary N) is 1. The molecular weight excluding hydrogens is 494 g/mol. The summed E-state index contributed by atoms with van der Waals surface area (Å²) in [6.45, 7) is 12.1. The molecule has 1 atom stereocenters. The second-order valence-electron chi connectivity index (χ2n) is 9.59. The molecule has 37 heavy (non-hydrogen) atoms. The second-order valence-corrected chi connectivity index (χ2v) is 9.59. The van der Waals surface area contributed by atoms with Crippen LogP contribution in [0, 0.1) is 19.8 Å². The van der Waals surface area contributed by atoms with E-state index >= 15 is 0 Å². The molecule has 2 amide bonds. The highest BCUT2D eigenvalue weighted by Crippen LogP contribution is 2.36. The maximum absolute atomic E-state index is 13.1. The smallest absolute Gasteiger partial charge is 0.353 e. The van der Waals surface area contributed by atoms with Crippen LogP contribution in [-0.4, -0.2) is 39.8 Å². The van der Waals surface area contributed by atoms with Crippen molar-refractivity contribution in [2.75, 3.05) is 5.32 Å². The van der Waals surface area contributed by atoms with E-state index in [2.05, 4.69) is 29.5 Å². The summed E-state index contributed by atoms with van der Waals surface area (Å²) >= 11 is 0. The number of carbonyl (C=O) groups is 2. The number of aliphatic imine (C=N–C) groups is 1. The van der Waals surface area contributed by atoms with E-state index in [1.165, 1.54) is 0 Å². The van der Waals surface area contributed by atoms with Gasteiger partial charge < -0.3 is 20.9 Å². The Labute approximate surface area is 224 Å². The first-order valence-corrected chi connectivity index (χ1v) is 12.4. The molecule has 1 aliphatic heterocycles. The lowest BCUT2D eigenvalue weighted by Gasteiger charge is -2.27. The van der Waals surface area contributed by atoms with Gasteiger partial charge in [-0.3, -0.25) is 10.3 Å². The predicted molar refractivity (Wildman–Crippen MR) is 148 cm³/mol. The van der Waals surface area contributed by atoms with Crippen molar-refractivity contribution in [2.45, 2.75) is 79.3 Å². The van der Waals surface area contributed by atoms with Crippen LogP contribution in [0.15, 0.2) is 29.3 Å². The normalized spacial score (nSPS) is 16.2. The van der Waals surface area contributed by atoms with E-state index < -0.39 is 24.0 Å². The summed E-state index contributed by atoms with van der Waals surface area (Å²) in [7, 11) is 0. The number of halogens is 1. The maximum Gasteiger partial charge on any atom is 0.353 e. The number of hydrogen-bond donors (Lipinski definition) is 4. The number of pyridine rings is 1. The van der Waals surface area contributed by atoms with Crippen LogP contribution in [0.1, 0.15) is 63.1 Å². The summed E-state index contributed by atoms with van der Waals surface area (Å²) in [5.41, 5.74) is 11.0. The number of nitrogens with zero attached hydrogens (tertiary/aromatic N) is 2. The Balaban J connectivity index is 0.00000481. The number of aryl methyl sites for hydroxylation is 2. The highest BCUT2D eigenvalue weighted by molar-refractivity contribution is 6.39. The number of urea groups is 1. The molecule has 1 aliphatic rings. The number of aromatic nitrogens is 1. The van der Waals surface area contributed by atoms with Crippen molar-refractivity contribution in [2.24, 2.45) is 16.6 Å². The first-order valence-electron chi connectivity index (χ1n) is 12.4. The maximum atomic E-state index is 13.1. The zero-order chi connectivity index (χ0) is 26.6. The van der Waals surface area contributed by atoms with Crippen molar-refractivity contribution in [3.05, 3.63) is 46.8 Å². The van der Waals surface area contributed by atoms with Crippen LogP contribution in [0.2, 0.25) is 0 Å². The van der Waals surface area contributed by atoms with Crippen molar-refractivity contribution in [3.8, 4) is 11.1 Å². The third kappa shape index (κ3) is 6.47. The number of amides is 2. The molecule has 5 N–H and O–H groups in total. The Kier molecular flexibility index (Phi) is 10.2. The molecule has 202 valence electrons. The summed E-state index contributed by atoms with van der Waals surface area (Å²) in [5, 5.41) is 15.2. The molecule has 0 radical (unpaired) electrons. The van der Waals surface area contributed by atoms with Gasteiger partial charge in [0.1, 0.15) is 5.60 Å². The molecule has 1 aromatic carbocycles. The second kappa shape index (κ2) is 12.5. The van der Waals surface area contributed by atoms with Crippen molar-refractivity contribution >= 4 is 35.8 Å². The van der Waals surface area contributed by atoms with E-state index in [1.807, 2.05) is 52.0 Å². The molecule has 0 saturated carbocycles. The van der Waals surface area contributed by atoms with Crippen LogP contribution in [0.4, 0.5) is 10.5 Å². The highest BCUT2D eigenvalue weighted by Gasteiger charge is 2.45. The summed E-state index contributed by atoms with van der Waals surface area (Å²) in [6, 6.07) is 7.47. The Morgan fingerprint density at radius 1 is 1.16 bits per heavy atom. The minimum atomic E-state index is -1.15. The van der Waals surface area contributed by atoms with Gasteiger partial charge in [0.2, 0.25) is 6.35 Å². The van der Waals surface area contributed by atoms with Crippen LogP contribution < -0.4 is 16.4 Å². The number of aliphatic carboxylic acids is 1. The lowest BCUT2D eigenvalue weighted by atomic mass is 9.92. The van der Waals surface area contributed by atoms with Crippen LogP contribution in [-0.2, 0) is 22.5 Å². The number of carboxylic acids is 1. The number of benzene rings is 1. The number of carbonyl (C=O) groups excluding carboxylic acids is 1. The average Bonchev–Trinajstić information content (AvgIpc) is 3.20. The van der Waals surface area contributed by atoms with Crippen molar-refractivity contribution in [3.63, 3.8) is 0 Å². The van der Waals surface area contributed by atoms with E-state index in [-0.39, 0.29) is 24.7 Å². The Bertz CT molecular complexity index is 1160. The van der Waals surface area contributed by atoms with Gasteiger partial charge in [-0.05, 0) is 50.2 Å². The number of nitrogens with one attached hydrogen (secondary N) is 2. The van der Waals surface area contributed by atoms with E-state index in [0.29, 0.717) is 30.1 Å². The molecular formula is C27H38ClN5O4. The molecule has 0 aliphatic carbocycles. The molecule has 2 heterocycles. The van der Waals surface area contributed by atoms with E-state index in [4.69, 9.17) is 15.5 Å². The first-order chi connectivity index (χ1) is 17.0. The number of hydrogen-bond acceptors (Lipinski definition) is 6. The van der Waals surface area contributed by atoms with Gasteiger partial charge in [0.25, 0.3) is 0 Å². The highest BCUT2D eigenvalue weighted by atomic mass is 35.5. The Hall–Kier alpha value is -3.01. The van der Waals surface area contributed by atoms with Gasteiger partial charge in [0, 0.05) is 17.8 Å². The molecule has 10 heteroatoms. The quantitative estimate of drug-likeness (QED) is 0.360. The van der Waals surface area contributed by atoms with Crippen molar-refractivity contribution in [1.82, 2.24) is 10.3 Å². The molecule has 1 aromatic heterocycles. The minimum absolute atomic E-state index is 0. The van der Waals surface area contributed by atoms with Gasteiger partial charge in [-0.15, -0.1) is 12.4 Å². The summed E-state index contributed by atoms with van der Waals surface area (Å²) in [6.07, 6.45) is 0.497. The predicted octanol–water partition coefficient (Wildman–Crippen LogP) is 4.96. The van der Waals surface area contributed by atoms with Crippen molar-refractivity contribution < 1.29 is 19.4 Å². The van der Waals surface area contributed by atoms with E-state index in [1.54, 1.807) is 0 Å². The summed E-state index contributed by atoms with van der Waals surface area (Å²) in [5.74, 6) is -0.771. The SMILES string of the molecule is CCC1(CC)OC(NC(=O)Nc2c(C)nc(CC(C)C)c(CN)c2-c2ccc(C)cc2)N=C1C(=O)O.Cl. The number of rotatable bonds is 9. The third-order valence-electron chi connectivity index (χ3n) is 6.56. The van der Waals surface area contributed by atoms with Gasteiger partial charge in [-0.25, -0.2) is 14.6 Å². The van der Waals surface area contributed by atoms with Crippen LogP contribution >= 0.6 is 12.4 Å². The van der Waals surface area contributed by atoms with Crippen molar-refractivity contribution in [1.29, 1.82) is 0 Å². The number of anilines is 1. The largest absolute Gasteiger partial charge is 0.477 e. The van der Waals surface area contributed by atoms with Gasteiger partial charge in [-0.1, -0.05) is 57.5 Å². The van der Waals surface area contributed by atoms with Gasteiger partial charge >= 0.3 is 12.0 Å². The van der Waals surface area contributed by atoms with Crippen LogP contribution in [0.3, 0.4) is 0 Å². The monoisotopic (exact) mass is 531 g/mol. The Morgan fingerprint density at radius 2 is 1.78 bits per heavy atom. The zero-order valence-corrected chi connectivity index (χ0v) is 23.2. The van der Waals surface area contributed by atoms with Crippen LogP contribution in [0.5, 0.6) is 0 Å². The van der Waals surface area contributed by atoms with Gasteiger partial charge in [0.05, 0.1) is 11.4 Å². The van der Waals surface area contributed by atoms with E-state index in [9.17, 15) is 14.7 Å². The minimum Gasteiger partial charge on any atom is -0.477 e. The molecule has 0 bridgehead atoms. The fraction of sp³-hybridized carbons (Fsp3) is 0.481. The first kappa shape index (κ1) is 30.2. The fourth-order valence-corrected chi connectivity index (χ4v) is 4.62. The lowest BCUT2D eigenvalue weighted by Crippen LogP contribution is -2.44. The van der Waals surface area contributed by atoms with Crippen LogP contribution in [0.25, 0.3) is 11.1 Å². The topological polar surface area (TPSA) is 139 Å². The van der Waals surface area contributed by atoms with Gasteiger partial charge in [-0.2, -0.15) is 0 Å². The lowest BCUT2D eigenvalue weighted by molar-refractivity contribution is -0.130. The average molecular weight is 532 g/mol. The number of carboxylic acid groups (broad SMARTS) is 1. The van der Waals surface area contributed by atoms with E-state index in [0.717, 1.165) is 34.4 Å². The molecule has 2 aromatic rings. The molecule has 1 unspecified atom stereocenters.